The molecule has 20 heavy (non-hydrogen) atoms. The summed E-state index contributed by atoms with van der Waals surface area (Å²) in [6.07, 6.45) is 0. The van der Waals surface area contributed by atoms with Gasteiger partial charge in [0.25, 0.3) is 0 Å². The normalized spacial score (nSPS) is 11.6. The zero-order valence-electron chi connectivity index (χ0n) is 12.7. The maximum absolute atomic E-state index is 4.36. The Kier molecular flexibility index (Phi) is 4.13. The molecule has 104 valence electrons. The molecule has 0 bridgehead atoms. The van der Waals surface area contributed by atoms with Crippen LogP contribution in [0, 0.1) is 27.7 Å². The van der Waals surface area contributed by atoms with Crippen molar-refractivity contribution in [3.63, 3.8) is 0 Å². The van der Waals surface area contributed by atoms with Crippen molar-refractivity contribution < 1.29 is 0 Å². The van der Waals surface area contributed by atoms with E-state index in [0.29, 0.717) is 5.95 Å². The van der Waals surface area contributed by atoms with Crippen molar-refractivity contribution in [1.82, 2.24) is 9.97 Å². The Hall–Kier alpha value is -2.23. The fourth-order valence-electron chi connectivity index (χ4n) is 1.94. The fraction of sp³-hybridized carbons (Fsp3) is 0.312. The van der Waals surface area contributed by atoms with E-state index in [4.69, 9.17) is 0 Å². The number of aryl methyl sites for hydroxylation is 4. The minimum Gasteiger partial charge on any atom is -0.245 e. The predicted octanol–water partition coefficient (Wildman–Crippen LogP) is 3.55. The molecule has 0 saturated carbocycles. The zero-order chi connectivity index (χ0) is 14.7. The molecule has 2 aromatic rings. The van der Waals surface area contributed by atoms with Gasteiger partial charge in [0.1, 0.15) is 0 Å². The van der Waals surface area contributed by atoms with E-state index in [-0.39, 0.29) is 0 Å². The molecular weight excluding hydrogens is 248 g/mol. The maximum atomic E-state index is 4.36. The van der Waals surface area contributed by atoms with Gasteiger partial charge in [-0.05, 0) is 63.4 Å². The van der Waals surface area contributed by atoms with Gasteiger partial charge in [-0.3, -0.25) is 0 Å². The second-order valence-corrected chi connectivity index (χ2v) is 5.08. The first-order valence-electron chi connectivity index (χ1n) is 6.66. The Morgan fingerprint density at radius 1 is 0.950 bits per heavy atom. The summed E-state index contributed by atoms with van der Waals surface area (Å²) >= 11 is 0. The van der Waals surface area contributed by atoms with E-state index < -0.39 is 0 Å². The van der Waals surface area contributed by atoms with E-state index in [1.54, 1.807) is 0 Å². The van der Waals surface area contributed by atoms with Crippen molar-refractivity contribution in [3.05, 3.63) is 52.3 Å². The smallest absolute Gasteiger partial charge is 0.243 e. The third-order valence-corrected chi connectivity index (χ3v) is 3.23. The number of hydrogen-bond donors (Lipinski definition) is 1. The minimum atomic E-state index is 0.533. The summed E-state index contributed by atoms with van der Waals surface area (Å²) in [6.45, 7) is 10.1. The van der Waals surface area contributed by atoms with Gasteiger partial charge in [0.15, 0.2) is 0 Å². The van der Waals surface area contributed by atoms with Crippen LogP contribution in [0.5, 0.6) is 0 Å². The monoisotopic (exact) mass is 268 g/mol. The molecule has 0 unspecified atom stereocenters. The summed E-state index contributed by atoms with van der Waals surface area (Å²) < 4.78 is 0. The van der Waals surface area contributed by atoms with Crippen LogP contribution in [-0.4, -0.2) is 15.7 Å². The molecule has 1 heterocycles. The van der Waals surface area contributed by atoms with E-state index in [9.17, 15) is 0 Å². The van der Waals surface area contributed by atoms with Crippen LogP contribution >= 0.6 is 0 Å². The summed E-state index contributed by atoms with van der Waals surface area (Å²) in [4.78, 5) is 8.60. The highest BCUT2D eigenvalue weighted by Crippen LogP contribution is 2.11. The van der Waals surface area contributed by atoms with E-state index in [2.05, 4.69) is 52.5 Å². The maximum Gasteiger partial charge on any atom is 0.243 e. The molecule has 0 aliphatic carbocycles. The Bertz CT molecular complexity index is 639. The van der Waals surface area contributed by atoms with Gasteiger partial charge in [0.2, 0.25) is 5.95 Å². The van der Waals surface area contributed by atoms with Gasteiger partial charge in [-0.25, -0.2) is 15.4 Å². The van der Waals surface area contributed by atoms with Crippen molar-refractivity contribution in [2.45, 2.75) is 34.6 Å². The van der Waals surface area contributed by atoms with E-state index in [1.807, 2.05) is 26.8 Å². The summed E-state index contributed by atoms with van der Waals surface area (Å²) in [5.41, 5.74) is 9.35. The second kappa shape index (κ2) is 5.82. The molecule has 1 aromatic carbocycles. The van der Waals surface area contributed by atoms with Crippen LogP contribution in [-0.2, 0) is 0 Å². The third-order valence-electron chi connectivity index (χ3n) is 3.23. The average Bonchev–Trinajstić information content (AvgIpc) is 2.38. The lowest BCUT2D eigenvalue weighted by Gasteiger charge is -2.06. The van der Waals surface area contributed by atoms with Gasteiger partial charge in [0, 0.05) is 11.4 Å². The molecule has 4 nitrogen and oxygen atoms in total. The SMILES string of the molecule is C/C(=N/Nc1nc(C)cc(C)n1)c1ccc(C)c(C)c1. The van der Waals surface area contributed by atoms with Gasteiger partial charge in [-0.15, -0.1) is 0 Å². The van der Waals surface area contributed by atoms with E-state index in [0.717, 1.165) is 22.7 Å². The highest BCUT2D eigenvalue weighted by Gasteiger charge is 2.01. The zero-order valence-corrected chi connectivity index (χ0v) is 12.7. The van der Waals surface area contributed by atoms with Gasteiger partial charge < -0.3 is 0 Å². The molecule has 0 aliphatic heterocycles. The van der Waals surface area contributed by atoms with Crippen LogP contribution in [0.15, 0.2) is 29.4 Å². The number of aromatic nitrogens is 2. The molecule has 1 aromatic heterocycles. The van der Waals surface area contributed by atoms with Gasteiger partial charge in [-0.2, -0.15) is 5.10 Å². The first-order chi connectivity index (χ1) is 9.45. The minimum absolute atomic E-state index is 0.533. The number of rotatable bonds is 3. The number of hydrazone groups is 1. The number of nitrogens with one attached hydrogen (secondary N) is 1. The van der Waals surface area contributed by atoms with Gasteiger partial charge >= 0.3 is 0 Å². The molecule has 4 heteroatoms. The van der Waals surface area contributed by atoms with E-state index >= 15 is 0 Å². The van der Waals surface area contributed by atoms with Crippen molar-refractivity contribution in [2.24, 2.45) is 5.10 Å². The van der Waals surface area contributed by atoms with Crippen LogP contribution in [0.25, 0.3) is 0 Å². The molecular formula is C16H20N4. The third kappa shape index (κ3) is 3.41. The molecule has 2 rings (SSSR count). The molecule has 0 radical (unpaired) electrons. The molecule has 0 spiro atoms. The van der Waals surface area contributed by atoms with Crippen molar-refractivity contribution >= 4 is 11.7 Å². The second-order valence-electron chi connectivity index (χ2n) is 5.08. The molecule has 0 fully saturated rings. The first-order valence-corrected chi connectivity index (χ1v) is 6.66. The lowest BCUT2D eigenvalue weighted by atomic mass is 10.0. The Labute approximate surface area is 120 Å². The van der Waals surface area contributed by atoms with Crippen molar-refractivity contribution in [3.8, 4) is 0 Å². The largest absolute Gasteiger partial charge is 0.245 e. The summed E-state index contributed by atoms with van der Waals surface area (Å²) in [5.74, 6) is 0.533. The molecule has 1 N–H and O–H groups in total. The number of benzene rings is 1. The molecule has 0 aliphatic rings. The highest BCUT2D eigenvalue weighted by atomic mass is 15.4. The summed E-state index contributed by atoms with van der Waals surface area (Å²) in [6, 6.07) is 8.26. The highest BCUT2D eigenvalue weighted by molar-refractivity contribution is 5.99. The molecule has 0 atom stereocenters. The standard InChI is InChI=1S/C16H20N4/c1-10-6-7-15(8-11(10)2)14(5)19-20-16-17-12(3)9-13(4)18-16/h6-9H,1-5H3,(H,17,18,20)/b19-14-. The van der Waals surface area contributed by atoms with Crippen LogP contribution in [0.2, 0.25) is 0 Å². The van der Waals surface area contributed by atoms with Gasteiger partial charge in [0.05, 0.1) is 5.71 Å². The van der Waals surface area contributed by atoms with E-state index in [1.165, 1.54) is 11.1 Å². The molecule has 0 amide bonds. The average molecular weight is 268 g/mol. The fourth-order valence-corrected chi connectivity index (χ4v) is 1.94. The van der Waals surface area contributed by atoms with Crippen LogP contribution in [0.3, 0.4) is 0 Å². The Morgan fingerprint density at radius 2 is 1.60 bits per heavy atom. The number of hydrogen-bond acceptors (Lipinski definition) is 4. The van der Waals surface area contributed by atoms with Crippen molar-refractivity contribution in [1.29, 1.82) is 0 Å². The summed E-state index contributed by atoms with van der Waals surface area (Å²) in [7, 11) is 0. The lowest BCUT2D eigenvalue weighted by molar-refractivity contribution is 1.03. The van der Waals surface area contributed by atoms with Gasteiger partial charge in [-0.1, -0.05) is 12.1 Å². The molecule has 0 saturated heterocycles. The Morgan fingerprint density at radius 3 is 2.20 bits per heavy atom. The summed E-state index contributed by atoms with van der Waals surface area (Å²) in [5, 5.41) is 4.36. The topological polar surface area (TPSA) is 50.2 Å². The predicted molar refractivity (Wildman–Crippen MR) is 83.3 cm³/mol. The number of anilines is 1. The van der Waals surface area contributed by atoms with Crippen LogP contribution in [0.4, 0.5) is 5.95 Å². The van der Waals surface area contributed by atoms with Crippen LogP contribution in [0.1, 0.15) is 35.0 Å². The Balaban J connectivity index is 2.19. The quantitative estimate of drug-likeness (QED) is 0.684. The van der Waals surface area contributed by atoms with Crippen molar-refractivity contribution in [2.75, 3.05) is 5.43 Å². The number of nitrogens with zero attached hydrogens (tertiary/aromatic N) is 3. The van der Waals surface area contributed by atoms with Crippen LogP contribution < -0.4 is 5.43 Å². The first kappa shape index (κ1) is 14.2. The lowest BCUT2D eigenvalue weighted by Crippen LogP contribution is -2.04.